The summed E-state index contributed by atoms with van der Waals surface area (Å²) in [6, 6.07) is 19.4. The first-order valence-corrected chi connectivity index (χ1v) is 9.23. The molecule has 1 atom stereocenters. The highest BCUT2D eigenvalue weighted by Gasteiger charge is 2.25. The molecule has 6 heteroatoms. The summed E-state index contributed by atoms with van der Waals surface area (Å²) in [5, 5.41) is 2.70. The Balaban J connectivity index is 1.51. The van der Waals surface area contributed by atoms with Gasteiger partial charge in [0.2, 0.25) is 12.2 Å². The summed E-state index contributed by atoms with van der Waals surface area (Å²) in [5.41, 5.74) is 2.83. The van der Waals surface area contributed by atoms with Gasteiger partial charge in [-0.25, -0.2) is 4.39 Å². The van der Waals surface area contributed by atoms with E-state index >= 15 is 0 Å². The molecule has 0 saturated carbocycles. The van der Waals surface area contributed by atoms with Gasteiger partial charge in [0.15, 0.2) is 0 Å². The second-order valence-corrected chi connectivity index (χ2v) is 6.72. The van der Waals surface area contributed by atoms with Crippen LogP contribution >= 0.6 is 0 Å². The molecule has 0 radical (unpaired) electrons. The van der Waals surface area contributed by atoms with Crippen molar-refractivity contribution < 1.29 is 23.4 Å². The highest BCUT2D eigenvalue weighted by Crippen LogP contribution is 2.37. The molecule has 0 aliphatic carbocycles. The molecule has 1 heterocycles. The summed E-state index contributed by atoms with van der Waals surface area (Å²) in [6.07, 6.45) is -0.551. The van der Waals surface area contributed by atoms with Crippen LogP contribution in [0.15, 0.2) is 66.7 Å². The van der Waals surface area contributed by atoms with Gasteiger partial charge in [-0.15, -0.1) is 0 Å². The number of ether oxygens (including phenoxy) is 3. The Morgan fingerprint density at radius 1 is 1.14 bits per heavy atom. The van der Waals surface area contributed by atoms with E-state index in [-0.39, 0.29) is 24.9 Å². The number of amides is 1. The van der Waals surface area contributed by atoms with Crippen LogP contribution in [0.3, 0.4) is 0 Å². The van der Waals surface area contributed by atoms with E-state index in [1.165, 1.54) is 19.1 Å². The maximum atomic E-state index is 14.1. The molecule has 0 bridgehead atoms. The van der Waals surface area contributed by atoms with Crippen molar-refractivity contribution in [3.63, 3.8) is 0 Å². The molecule has 0 spiro atoms. The van der Waals surface area contributed by atoms with E-state index in [0.29, 0.717) is 28.3 Å². The lowest BCUT2D eigenvalue weighted by molar-refractivity contribution is -0.114. The minimum absolute atomic E-state index is 0.140. The lowest BCUT2D eigenvalue weighted by Gasteiger charge is -2.28. The first-order chi connectivity index (χ1) is 14.1. The zero-order chi connectivity index (χ0) is 20.2. The molecule has 5 nitrogen and oxygen atoms in total. The summed E-state index contributed by atoms with van der Waals surface area (Å²) in [7, 11) is 0. The molecule has 29 heavy (non-hydrogen) atoms. The van der Waals surface area contributed by atoms with Crippen molar-refractivity contribution in [1.82, 2.24) is 0 Å². The van der Waals surface area contributed by atoms with Crippen molar-refractivity contribution in [1.29, 1.82) is 0 Å². The van der Waals surface area contributed by atoms with Crippen LogP contribution in [0, 0.1) is 5.82 Å². The number of anilines is 1. The Labute approximate surface area is 168 Å². The van der Waals surface area contributed by atoms with Gasteiger partial charge in [-0.3, -0.25) is 4.79 Å². The average Bonchev–Trinajstić information content (AvgIpc) is 2.73. The number of benzene rings is 3. The number of nitrogens with one attached hydrogen (secondary N) is 1. The lowest BCUT2D eigenvalue weighted by Crippen LogP contribution is -2.19. The van der Waals surface area contributed by atoms with Crippen LogP contribution in [-0.2, 0) is 22.7 Å². The highest BCUT2D eigenvalue weighted by atomic mass is 19.1. The molecule has 1 N–H and O–H groups in total. The van der Waals surface area contributed by atoms with Crippen molar-refractivity contribution in [2.45, 2.75) is 26.4 Å². The maximum absolute atomic E-state index is 14.1. The molecule has 148 valence electrons. The normalized spacial score (nSPS) is 15.2. The molecule has 1 amide bonds. The topological polar surface area (TPSA) is 56.8 Å². The molecular weight excluding hydrogens is 373 g/mol. The Bertz CT molecular complexity index is 1010. The van der Waals surface area contributed by atoms with Gasteiger partial charge in [-0.05, 0) is 36.4 Å². The van der Waals surface area contributed by atoms with Gasteiger partial charge in [-0.1, -0.05) is 30.3 Å². The van der Waals surface area contributed by atoms with Crippen LogP contribution in [0.4, 0.5) is 10.1 Å². The summed E-state index contributed by atoms with van der Waals surface area (Å²) in [5.74, 6) is 0.677. The summed E-state index contributed by atoms with van der Waals surface area (Å²) in [6.45, 7) is 1.84. The van der Waals surface area contributed by atoms with E-state index in [2.05, 4.69) is 5.32 Å². The number of halogens is 1. The lowest BCUT2D eigenvalue weighted by atomic mass is 10.1. The fourth-order valence-electron chi connectivity index (χ4n) is 3.16. The van der Waals surface area contributed by atoms with Crippen LogP contribution in [-0.4, -0.2) is 5.91 Å². The van der Waals surface area contributed by atoms with Crippen LogP contribution < -0.4 is 14.8 Å². The molecule has 4 rings (SSSR count). The number of carbonyl (C=O) groups is 1. The smallest absolute Gasteiger partial charge is 0.227 e. The Hall–Kier alpha value is -3.38. The molecule has 3 aromatic carbocycles. The third kappa shape index (κ3) is 4.55. The standard InChI is InChI=1S/C23H20FNO4/c1-15(26)25-20-7-9-21(10-8-20)27-13-17-11-19(24)12-18-14-28-23(29-22(17)18)16-5-3-2-4-6-16/h2-12,23H,13-14H2,1H3,(H,25,26)/t23-/m1/s1. The van der Waals surface area contributed by atoms with E-state index in [4.69, 9.17) is 14.2 Å². The van der Waals surface area contributed by atoms with Gasteiger partial charge in [0, 0.05) is 29.3 Å². The third-order valence-corrected chi connectivity index (χ3v) is 4.46. The predicted molar refractivity (Wildman–Crippen MR) is 106 cm³/mol. The van der Waals surface area contributed by atoms with Crippen molar-refractivity contribution in [3.05, 3.63) is 89.2 Å². The van der Waals surface area contributed by atoms with Gasteiger partial charge in [0.25, 0.3) is 0 Å². The van der Waals surface area contributed by atoms with E-state index in [1.54, 1.807) is 24.3 Å². The molecule has 0 unspecified atom stereocenters. The largest absolute Gasteiger partial charge is 0.489 e. The van der Waals surface area contributed by atoms with Crippen LogP contribution in [0.1, 0.15) is 29.9 Å². The van der Waals surface area contributed by atoms with E-state index in [0.717, 1.165) is 5.56 Å². The fourth-order valence-corrected chi connectivity index (χ4v) is 3.16. The van der Waals surface area contributed by atoms with Gasteiger partial charge >= 0.3 is 0 Å². The van der Waals surface area contributed by atoms with E-state index in [9.17, 15) is 9.18 Å². The number of fused-ring (bicyclic) bond motifs is 1. The molecule has 1 aliphatic rings. The minimum atomic E-state index is -0.551. The SMILES string of the molecule is CC(=O)Nc1ccc(OCc2cc(F)cc3c2O[C@H](c2ccccc2)OC3)cc1. The Kier molecular flexibility index (Phi) is 5.44. The Morgan fingerprint density at radius 2 is 1.90 bits per heavy atom. The average molecular weight is 393 g/mol. The zero-order valence-electron chi connectivity index (χ0n) is 15.9. The summed E-state index contributed by atoms with van der Waals surface area (Å²) in [4.78, 5) is 11.1. The van der Waals surface area contributed by atoms with Crippen molar-refractivity contribution in [3.8, 4) is 11.5 Å². The number of rotatable bonds is 5. The molecular formula is C23H20FNO4. The second-order valence-electron chi connectivity index (χ2n) is 6.72. The first-order valence-electron chi connectivity index (χ1n) is 9.23. The predicted octanol–water partition coefficient (Wildman–Crippen LogP) is 4.97. The molecule has 1 aliphatic heterocycles. The first kappa shape index (κ1) is 19.0. The number of hydrogen-bond acceptors (Lipinski definition) is 4. The Morgan fingerprint density at radius 3 is 2.62 bits per heavy atom. The molecule has 0 aromatic heterocycles. The quantitative estimate of drug-likeness (QED) is 0.665. The van der Waals surface area contributed by atoms with Crippen LogP contribution in [0.2, 0.25) is 0 Å². The van der Waals surface area contributed by atoms with Crippen LogP contribution in [0.5, 0.6) is 11.5 Å². The second kappa shape index (κ2) is 8.32. The maximum Gasteiger partial charge on any atom is 0.227 e. The van der Waals surface area contributed by atoms with Gasteiger partial charge in [-0.2, -0.15) is 0 Å². The van der Waals surface area contributed by atoms with Crippen molar-refractivity contribution in [2.24, 2.45) is 0 Å². The minimum Gasteiger partial charge on any atom is -0.489 e. The van der Waals surface area contributed by atoms with Crippen LogP contribution in [0.25, 0.3) is 0 Å². The molecule has 0 saturated heterocycles. The van der Waals surface area contributed by atoms with Crippen molar-refractivity contribution >= 4 is 11.6 Å². The van der Waals surface area contributed by atoms with Gasteiger partial charge in [0.1, 0.15) is 23.9 Å². The fraction of sp³-hybridized carbons (Fsp3) is 0.174. The third-order valence-electron chi connectivity index (χ3n) is 4.46. The zero-order valence-corrected chi connectivity index (χ0v) is 15.9. The molecule has 0 fully saturated rings. The van der Waals surface area contributed by atoms with E-state index < -0.39 is 6.29 Å². The van der Waals surface area contributed by atoms with E-state index in [1.807, 2.05) is 30.3 Å². The summed E-state index contributed by atoms with van der Waals surface area (Å²) >= 11 is 0. The number of hydrogen-bond donors (Lipinski definition) is 1. The van der Waals surface area contributed by atoms with Gasteiger partial charge < -0.3 is 19.5 Å². The number of carbonyl (C=O) groups excluding carboxylic acids is 1. The molecule has 3 aromatic rings. The monoisotopic (exact) mass is 393 g/mol. The summed E-state index contributed by atoms with van der Waals surface area (Å²) < 4.78 is 31.7. The highest BCUT2D eigenvalue weighted by molar-refractivity contribution is 5.88. The van der Waals surface area contributed by atoms with Gasteiger partial charge in [0.05, 0.1) is 6.61 Å². The van der Waals surface area contributed by atoms with Crippen molar-refractivity contribution in [2.75, 3.05) is 5.32 Å².